The van der Waals surface area contributed by atoms with Crippen LogP contribution in [0, 0.1) is 11.7 Å². The summed E-state index contributed by atoms with van der Waals surface area (Å²) < 4.78 is 13.3. The molecule has 130 valence electrons. The third-order valence-corrected chi connectivity index (χ3v) is 4.63. The number of benzene rings is 2. The fourth-order valence-corrected chi connectivity index (χ4v) is 3.03. The quantitative estimate of drug-likeness (QED) is 0.894. The van der Waals surface area contributed by atoms with Gasteiger partial charge in [-0.1, -0.05) is 30.7 Å². The second kappa shape index (κ2) is 7.23. The third kappa shape index (κ3) is 3.82. The fraction of sp³-hybridized carbons (Fsp3) is 0.263. The van der Waals surface area contributed by atoms with Gasteiger partial charge in [-0.25, -0.2) is 4.39 Å². The number of anilines is 2. The van der Waals surface area contributed by atoms with Crippen LogP contribution < -0.4 is 10.2 Å². The normalized spacial score (nSPS) is 17.0. The molecular weight excluding hydrogens is 343 g/mol. The Hall–Kier alpha value is -2.40. The first-order chi connectivity index (χ1) is 12.0. The van der Waals surface area contributed by atoms with Gasteiger partial charge < -0.3 is 10.2 Å². The Morgan fingerprint density at radius 2 is 2.00 bits per heavy atom. The first-order valence-corrected chi connectivity index (χ1v) is 8.51. The Morgan fingerprint density at radius 1 is 1.28 bits per heavy atom. The van der Waals surface area contributed by atoms with E-state index in [-0.39, 0.29) is 29.8 Å². The lowest BCUT2D eigenvalue weighted by Crippen LogP contribution is -2.28. The van der Waals surface area contributed by atoms with Crippen LogP contribution in [0.2, 0.25) is 5.02 Å². The monoisotopic (exact) mass is 360 g/mol. The van der Waals surface area contributed by atoms with Crippen LogP contribution in [0.1, 0.15) is 18.9 Å². The number of nitrogens with zero attached hydrogens (tertiary/aromatic N) is 1. The number of rotatable bonds is 4. The minimum atomic E-state index is -0.540. The van der Waals surface area contributed by atoms with Crippen LogP contribution in [-0.2, 0) is 16.0 Å². The van der Waals surface area contributed by atoms with Gasteiger partial charge in [0.05, 0.1) is 10.9 Å². The summed E-state index contributed by atoms with van der Waals surface area (Å²) in [6, 6.07) is 11.7. The van der Waals surface area contributed by atoms with Gasteiger partial charge in [0.15, 0.2) is 0 Å². The van der Waals surface area contributed by atoms with Crippen molar-refractivity contribution in [1.82, 2.24) is 0 Å². The molecule has 1 fully saturated rings. The van der Waals surface area contributed by atoms with Gasteiger partial charge in [0.25, 0.3) is 0 Å². The average Bonchev–Trinajstić information content (AvgIpc) is 3.00. The van der Waals surface area contributed by atoms with Crippen LogP contribution in [0.5, 0.6) is 0 Å². The van der Waals surface area contributed by atoms with Crippen molar-refractivity contribution in [2.75, 3.05) is 16.8 Å². The summed E-state index contributed by atoms with van der Waals surface area (Å²) >= 11 is 5.78. The van der Waals surface area contributed by atoms with E-state index < -0.39 is 11.7 Å². The first-order valence-electron chi connectivity index (χ1n) is 8.13. The highest BCUT2D eigenvalue weighted by Gasteiger charge is 2.35. The minimum Gasteiger partial charge on any atom is -0.326 e. The van der Waals surface area contributed by atoms with E-state index >= 15 is 0 Å². The number of aryl methyl sites for hydroxylation is 1. The van der Waals surface area contributed by atoms with Crippen LogP contribution in [0.4, 0.5) is 15.8 Å². The highest BCUT2D eigenvalue weighted by Crippen LogP contribution is 2.29. The zero-order chi connectivity index (χ0) is 18.0. The lowest BCUT2D eigenvalue weighted by molar-refractivity contribution is -0.122. The Labute approximate surface area is 150 Å². The van der Waals surface area contributed by atoms with Crippen LogP contribution >= 0.6 is 11.6 Å². The number of amides is 2. The van der Waals surface area contributed by atoms with Crippen molar-refractivity contribution in [3.05, 3.63) is 58.9 Å². The Bertz CT molecular complexity index is 808. The highest BCUT2D eigenvalue weighted by molar-refractivity contribution is 6.31. The predicted octanol–water partition coefficient (Wildman–Crippen LogP) is 4.03. The molecule has 4 nitrogen and oxygen atoms in total. The van der Waals surface area contributed by atoms with E-state index in [0.29, 0.717) is 11.4 Å². The van der Waals surface area contributed by atoms with Crippen molar-refractivity contribution in [2.45, 2.75) is 19.8 Å². The molecule has 2 aromatic carbocycles. The molecule has 0 bridgehead atoms. The number of carbonyl (C=O) groups excluding carboxylic acids is 2. The maximum Gasteiger partial charge on any atom is 0.229 e. The molecule has 1 saturated heterocycles. The molecule has 3 rings (SSSR count). The van der Waals surface area contributed by atoms with Crippen molar-refractivity contribution in [1.29, 1.82) is 0 Å². The van der Waals surface area contributed by atoms with E-state index in [1.807, 2.05) is 24.3 Å². The second-order valence-corrected chi connectivity index (χ2v) is 6.45. The molecule has 0 radical (unpaired) electrons. The van der Waals surface area contributed by atoms with Crippen LogP contribution in [0.15, 0.2) is 42.5 Å². The molecule has 2 amide bonds. The van der Waals surface area contributed by atoms with Crippen molar-refractivity contribution in [3.63, 3.8) is 0 Å². The molecule has 1 atom stereocenters. The molecule has 1 aliphatic heterocycles. The maximum absolute atomic E-state index is 13.3. The molecule has 1 N–H and O–H groups in total. The van der Waals surface area contributed by atoms with Crippen molar-refractivity contribution >= 4 is 34.8 Å². The zero-order valence-electron chi connectivity index (χ0n) is 13.8. The van der Waals surface area contributed by atoms with Gasteiger partial charge in [-0.05, 0) is 42.3 Å². The largest absolute Gasteiger partial charge is 0.326 e. The Kier molecular flexibility index (Phi) is 5.04. The molecular formula is C19H18ClFN2O2. The molecule has 1 aliphatic rings. The number of nitrogens with one attached hydrogen (secondary N) is 1. The van der Waals surface area contributed by atoms with Crippen molar-refractivity contribution in [2.24, 2.45) is 5.92 Å². The molecule has 25 heavy (non-hydrogen) atoms. The van der Waals surface area contributed by atoms with Gasteiger partial charge in [0.2, 0.25) is 11.8 Å². The third-order valence-electron chi connectivity index (χ3n) is 4.34. The summed E-state index contributed by atoms with van der Waals surface area (Å²) in [7, 11) is 0. The van der Waals surface area contributed by atoms with Gasteiger partial charge in [-0.2, -0.15) is 0 Å². The minimum absolute atomic E-state index is 0.0470. The van der Waals surface area contributed by atoms with Crippen molar-refractivity contribution < 1.29 is 14.0 Å². The van der Waals surface area contributed by atoms with Gasteiger partial charge in [-0.15, -0.1) is 0 Å². The summed E-state index contributed by atoms with van der Waals surface area (Å²) in [5.41, 5.74) is 2.39. The SMILES string of the molecule is CCc1ccc(NC(=O)C2CC(=O)N(c3ccc(F)c(Cl)c3)C2)cc1. The number of hydrogen-bond acceptors (Lipinski definition) is 2. The fourth-order valence-electron chi connectivity index (χ4n) is 2.85. The van der Waals surface area contributed by atoms with E-state index in [2.05, 4.69) is 12.2 Å². The number of carbonyl (C=O) groups is 2. The van der Waals surface area contributed by atoms with Crippen LogP contribution in [0.3, 0.4) is 0 Å². The van der Waals surface area contributed by atoms with Gasteiger partial charge in [0.1, 0.15) is 5.82 Å². The summed E-state index contributed by atoms with van der Waals surface area (Å²) in [5, 5.41) is 2.80. The molecule has 2 aromatic rings. The van der Waals surface area contributed by atoms with E-state index in [1.165, 1.54) is 28.7 Å². The number of halogens is 2. The summed E-state index contributed by atoms with van der Waals surface area (Å²) in [6.45, 7) is 2.31. The zero-order valence-corrected chi connectivity index (χ0v) is 14.5. The second-order valence-electron chi connectivity index (χ2n) is 6.04. The molecule has 6 heteroatoms. The van der Waals surface area contributed by atoms with Gasteiger partial charge >= 0.3 is 0 Å². The van der Waals surface area contributed by atoms with Crippen molar-refractivity contribution in [3.8, 4) is 0 Å². The molecule has 0 aliphatic carbocycles. The van der Waals surface area contributed by atoms with E-state index in [4.69, 9.17) is 11.6 Å². The molecule has 1 unspecified atom stereocenters. The lowest BCUT2D eigenvalue weighted by Gasteiger charge is -2.17. The standard InChI is InChI=1S/C19H18ClFN2O2/c1-2-12-3-5-14(6-4-12)22-19(25)13-9-18(24)23(11-13)15-7-8-17(21)16(20)10-15/h3-8,10,13H,2,9,11H2,1H3,(H,22,25). The molecule has 1 heterocycles. The highest BCUT2D eigenvalue weighted by atomic mass is 35.5. The lowest BCUT2D eigenvalue weighted by atomic mass is 10.1. The van der Waals surface area contributed by atoms with Gasteiger partial charge in [-0.3, -0.25) is 9.59 Å². The Balaban J connectivity index is 1.68. The Morgan fingerprint density at radius 3 is 2.64 bits per heavy atom. The van der Waals surface area contributed by atoms with Crippen LogP contribution in [0.25, 0.3) is 0 Å². The van der Waals surface area contributed by atoms with E-state index in [1.54, 1.807) is 0 Å². The topological polar surface area (TPSA) is 49.4 Å². The molecule has 0 saturated carbocycles. The first kappa shape index (κ1) is 17.4. The smallest absolute Gasteiger partial charge is 0.229 e. The molecule has 0 spiro atoms. The van der Waals surface area contributed by atoms with E-state index in [0.717, 1.165) is 6.42 Å². The summed E-state index contributed by atoms with van der Waals surface area (Å²) in [5.74, 6) is -1.37. The number of hydrogen-bond donors (Lipinski definition) is 1. The van der Waals surface area contributed by atoms with Gasteiger partial charge in [0, 0.05) is 24.3 Å². The average molecular weight is 361 g/mol. The maximum atomic E-state index is 13.3. The van der Waals surface area contributed by atoms with Crippen LogP contribution in [-0.4, -0.2) is 18.4 Å². The molecule has 0 aromatic heterocycles. The van der Waals surface area contributed by atoms with E-state index in [9.17, 15) is 14.0 Å². The summed E-state index contributed by atoms with van der Waals surface area (Å²) in [6.07, 6.45) is 1.05. The summed E-state index contributed by atoms with van der Waals surface area (Å²) in [4.78, 5) is 26.1. The predicted molar refractivity (Wildman–Crippen MR) is 96.3 cm³/mol.